The highest BCUT2D eigenvalue weighted by molar-refractivity contribution is 7.90. The Morgan fingerprint density at radius 3 is 2.58 bits per heavy atom. The first-order valence-electron chi connectivity index (χ1n) is 14.2. The van der Waals surface area contributed by atoms with Crippen LogP contribution >= 0.6 is 0 Å². The van der Waals surface area contributed by atoms with Crippen LogP contribution < -0.4 is 19.7 Å². The van der Waals surface area contributed by atoms with E-state index in [0.717, 1.165) is 43.6 Å². The van der Waals surface area contributed by atoms with Crippen molar-refractivity contribution < 1.29 is 37.2 Å². The Hall–Kier alpha value is -3.94. The van der Waals surface area contributed by atoms with Gasteiger partial charge in [0.2, 0.25) is 0 Å². The maximum absolute atomic E-state index is 11.4. The highest BCUT2D eigenvalue weighted by Gasteiger charge is 2.25. The van der Waals surface area contributed by atoms with Gasteiger partial charge in [-0.25, -0.2) is 13.9 Å². The largest absolute Gasteiger partial charge is 0.490 e. The van der Waals surface area contributed by atoms with Gasteiger partial charge < -0.3 is 18.7 Å². The van der Waals surface area contributed by atoms with E-state index in [1.807, 2.05) is 25.1 Å². The van der Waals surface area contributed by atoms with Crippen molar-refractivity contribution >= 4 is 21.8 Å². The van der Waals surface area contributed by atoms with E-state index in [0.29, 0.717) is 48.6 Å². The lowest BCUT2D eigenvalue weighted by atomic mass is 9.96. The van der Waals surface area contributed by atoms with Gasteiger partial charge in [-0.05, 0) is 80.7 Å². The van der Waals surface area contributed by atoms with Gasteiger partial charge in [0.1, 0.15) is 15.6 Å². The van der Waals surface area contributed by atoms with Crippen molar-refractivity contribution in [2.24, 2.45) is 0 Å². The summed E-state index contributed by atoms with van der Waals surface area (Å²) in [5, 5.41) is 12.7. The van der Waals surface area contributed by atoms with Crippen LogP contribution in [0.25, 0.3) is 6.08 Å². The fraction of sp³-hybridized carbons (Fsp3) is 0.433. The van der Waals surface area contributed by atoms with E-state index in [2.05, 4.69) is 15.0 Å². The molecule has 0 unspecified atom stereocenters. The van der Waals surface area contributed by atoms with Gasteiger partial charge >= 0.3 is 0 Å². The van der Waals surface area contributed by atoms with Gasteiger partial charge in [-0.3, -0.25) is 14.9 Å². The monoisotopic (exact) mass is 614 g/mol. The number of sulfone groups is 1. The molecule has 12 nitrogen and oxygen atoms in total. The number of amides is 1. The van der Waals surface area contributed by atoms with Crippen LogP contribution in [0.5, 0.6) is 17.2 Å². The van der Waals surface area contributed by atoms with Crippen LogP contribution in [0.15, 0.2) is 53.1 Å². The third-order valence-electron chi connectivity index (χ3n) is 6.85. The lowest BCUT2D eigenvalue weighted by molar-refractivity contribution is -0.124. The number of rotatable bonds is 15. The van der Waals surface area contributed by atoms with Crippen LogP contribution in [0.4, 0.5) is 0 Å². The van der Waals surface area contributed by atoms with Crippen molar-refractivity contribution in [3.8, 4) is 17.2 Å². The average molecular weight is 615 g/mol. The van der Waals surface area contributed by atoms with E-state index in [-0.39, 0.29) is 18.3 Å². The minimum absolute atomic E-state index is 0.0916. The predicted molar refractivity (Wildman–Crippen MR) is 159 cm³/mol. The number of carbonyl (C=O) groups is 1. The molecule has 1 aromatic heterocycles. The first-order valence-corrected chi connectivity index (χ1v) is 16.2. The smallest absolute Gasteiger partial charge is 0.267 e. The summed E-state index contributed by atoms with van der Waals surface area (Å²) in [7, 11) is -3.01. The van der Waals surface area contributed by atoms with E-state index in [9.17, 15) is 13.2 Å². The molecule has 43 heavy (non-hydrogen) atoms. The minimum Gasteiger partial charge on any atom is -0.490 e. The molecule has 0 radical (unpaired) electrons. The molecule has 1 amide bonds. The first kappa shape index (κ1) is 32.0. The third-order valence-corrected chi connectivity index (χ3v) is 7.88. The minimum atomic E-state index is -3.01. The van der Waals surface area contributed by atoms with E-state index in [4.69, 9.17) is 23.9 Å². The summed E-state index contributed by atoms with van der Waals surface area (Å²) >= 11 is 0. The molecule has 232 valence electrons. The second-order valence-corrected chi connectivity index (χ2v) is 12.6. The van der Waals surface area contributed by atoms with Crippen molar-refractivity contribution in [2.45, 2.75) is 45.3 Å². The topological polar surface area (TPSA) is 153 Å². The summed E-state index contributed by atoms with van der Waals surface area (Å²) in [5.74, 6) is 2.69. The van der Waals surface area contributed by atoms with Gasteiger partial charge in [0.05, 0.1) is 19.0 Å². The molecule has 1 aliphatic heterocycles. The van der Waals surface area contributed by atoms with Crippen molar-refractivity contribution in [1.82, 2.24) is 20.5 Å². The van der Waals surface area contributed by atoms with Gasteiger partial charge in [-0.1, -0.05) is 23.4 Å². The second kappa shape index (κ2) is 15.5. The van der Waals surface area contributed by atoms with E-state index in [1.165, 1.54) is 12.3 Å². The predicted octanol–water partition coefficient (Wildman–Crippen LogP) is 3.76. The second-order valence-electron chi connectivity index (χ2n) is 10.3. The third kappa shape index (κ3) is 10.4. The number of piperidine rings is 1. The molecule has 4 rings (SSSR count). The van der Waals surface area contributed by atoms with Gasteiger partial charge in [0.25, 0.3) is 11.8 Å². The lowest BCUT2D eigenvalue weighted by Crippen LogP contribution is -2.32. The maximum Gasteiger partial charge on any atom is 0.267 e. The number of nitrogens with zero attached hydrogens (tertiary/aromatic N) is 3. The standard InChI is InChI=1S/C30H38N4O8S/c1-3-39-27-19-23(7-11-26(27)40-17-4-18-43(2,37)38)20-34-15-13-24(14-16-34)30-31-29(42-33-30)21-41-25-9-5-22(6-10-25)8-12-28(35)32-36/h5-12,19,24,36H,3-4,13-18,20-21H2,1-2H3,(H,32,35). The maximum atomic E-state index is 11.4. The van der Waals surface area contributed by atoms with Crippen LogP contribution in [0, 0.1) is 0 Å². The molecule has 0 spiro atoms. The zero-order chi connectivity index (χ0) is 30.7. The summed E-state index contributed by atoms with van der Waals surface area (Å²) in [5.41, 5.74) is 3.44. The molecule has 1 fully saturated rings. The number of benzene rings is 2. The van der Waals surface area contributed by atoms with Gasteiger partial charge in [-0.15, -0.1) is 0 Å². The highest BCUT2D eigenvalue weighted by Crippen LogP contribution is 2.31. The quantitative estimate of drug-likeness (QED) is 0.111. The molecule has 0 saturated carbocycles. The summed E-state index contributed by atoms with van der Waals surface area (Å²) in [6.07, 6.45) is 6.26. The van der Waals surface area contributed by atoms with Crippen molar-refractivity contribution in [1.29, 1.82) is 0 Å². The number of hydroxylamine groups is 1. The molecule has 2 aromatic carbocycles. The fourth-order valence-corrected chi connectivity index (χ4v) is 5.31. The van der Waals surface area contributed by atoms with Crippen molar-refractivity contribution in [3.05, 3.63) is 71.4 Å². The highest BCUT2D eigenvalue weighted by atomic mass is 32.2. The van der Waals surface area contributed by atoms with Crippen LogP contribution in [-0.4, -0.2) is 72.9 Å². The van der Waals surface area contributed by atoms with Crippen LogP contribution in [0.1, 0.15) is 54.9 Å². The van der Waals surface area contributed by atoms with Crippen LogP contribution in [0.2, 0.25) is 0 Å². The zero-order valence-corrected chi connectivity index (χ0v) is 25.2. The van der Waals surface area contributed by atoms with Gasteiger partial charge in [0.15, 0.2) is 23.9 Å². The lowest BCUT2D eigenvalue weighted by Gasteiger charge is -2.30. The SMILES string of the molecule is CCOc1cc(CN2CCC(c3noc(COc4ccc(C=CC(=O)NO)cc4)n3)CC2)ccc1OCCCS(C)(=O)=O. The molecule has 13 heteroatoms. The zero-order valence-electron chi connectivity index (χ0n) is 24.4. The Bertz CT molecular complexity index is 1470. The fourth-order valence-electron chi connectivity index (χ4n) is 4.67. The molecule has 0 bridgehead atoms. The number of likely N-dealkylation sites (tertiary alicyclic amines) is 1. The first-order chi connectivity index (χ1) is 20.7. The number of hydrogen-bond donors (Lipinski definition) is 2. The summed E-state index contributed by atoms with van der Waals surface area (Å²) in [6.45, 7) is 5.43. The molecule has 2 N–H and O–H groups in total. The van der Waals surface area contributed by atoms with Crippen LogP contribution in [0.3, 0.4) is 0 Å². The number of ether oxygens (including phenoxy) is 3. The number of carbonyl (C=O) groups excluding carboxylic acids is 1. The summed E-state index contributed by atoms with van der Waals surface area (Å²) in [6, 6.07) is 13.0. The normalized spacial score (nSPS) is 14.6. The number of aromatic nitrogens is 2. The molecule has 2 heterocycles. The Balaban J connectivity index is 1.23. The summed E-state index contributed by atoms with van der Waals surface area (Å²) < 4.78 is 45.5. The van der Waals surface area contributed by atoms with Gasteiger partial charge in [0, 0.05) is 24.8 Å². The molecular weight excluding hydrogens is 576 g/mol. The van der Waals surface area contributed by atoms with E-state index < -0.39 is 15.7 Å². The van der Waals surface area contributed by atoms with Gasteiger partial charge in [-0.2, -0.15) is 4.98 Å². The molecule has 1 aliphatic rings. The Morgan fingerprint density at radius 2 is 1.88 bits per heavy atom. The Kier molecular flexibility index (Phi) is 11.5. The van der Waals surface area contributed by atoms with Crippen molar-refractivity contribution in [2.75, 3.05) is 38.3 Å². The van der Waals surface area contributed by atoms with Crippen molar-refractivity contribution in [3.63, 3.8) is 0 Å². The Labute approximate surface area is 251 Å². The number of nitrogens with one attached hydrogen (secondary N) is 1. The molecule has 0 atom stereocenters. The Morgan fingerprint density at radius 1 is 1.12 bits per heavy atom. The van der Waals surface area contributed by atoms with E-state index in [1.54, 1.807) is 35.8 Å². The van der Waals surface area contributed by atoms with Crippen LogP contribution in [-0.2, 0) is 27.8 Å². The molecular formula is C30H38N4O8S. The molecule has 1 saturated heterocycles. The average Bonchev–Trinajstić information content (AvgIpc) is 3.47. The number of hydrogen-bond acceptors (Lipinski definition) is 11. The van der Waals surface area contributed by atoms with E-state index >= 15 is 0 Å². The molecule has 3 aromatic rings. The molecule has 0 aliphatic carbocycles. The summed E-state index contributed by atoms with van der Waals surface area (Å²) in [4.78, 5) is 18.0.